The van der Waals surface area contributed by atoms with Crippen LogP contribution in [-0.2, 0) is 117 Å². The number of nitrogens with one attached hydrogen (secondary N) is 8. The number of rotatable bonds is 14. The first kappa shape index (κ1) is 83.3. The molecule has 0 aliphatic carbocycles. The molecule has 2 saturated heterocycles. The van der Waals surface area contributed by atoms with E-state index in [4.69, 9.17) is 24.7 Å². The van der Waals surface area contributed by atoms with Crippen LogP contribution in [0.3, 0.4) is 0 Å². The lowest BCUT2D eigenvalue weighted by Crippen LogP contribution is -2.64. The molecule has 11 amide bonds. The SMILES string of the molecule is COc1ccc(C[C@@H]2NC(=O)[C@H]([C@@H](C)O)NC(=O)[C@@H]3[C@@H]4CCN3C(=O)[C@@H]3Cc5cn(c6ccc(F)cc56)CCCCCCN(Cc5ccc(cc5)CCNC(=O)[C@]5(C)CCCN5C2=O)C(=O)CCC(=O)N[C@@H](C)C(=O)N[C@H](CCC(=O)COCCOCCN)C(=O)N[C@@H](Cc2cccc(c2)CNC(=O)CO4)C(=O)N3)cc1. The number of fused-ring (bicyclic) bond motifs is 16. The molecular formula is C80H104FN13O17. The summed E-state index contributed by atoms with van der Waals surface area (Å²) in [5.74, 6) is -9.15. The van der Waals surface area contributed by atoms with Crippen LogP contribution in [0.2, 0.25) is 0 Å². The molecule has 31 heteroatoms. The number of Topliss-reactive ketones (excluding diaryl/α,β-unsaturated/α-hetero) is 1. The van der Waals surface area contributed by atoms with E-state index in [1.54, 1.807) is 72.6 Å². The number of aromatic nitrogens is 1. The van der Waals surface area contributed by atoms with Gasteiger partial charge in [0.1, 0.15) is 72.6 Å². The summed E-state index contributed by atoms with van der Waals surface area (Å²) in [4.78, 5) is 182. The second kappa shape index (κ2) is 39.6. The van der Waals surface area contributed by atoms with Crippen LogP contribution in [0.15, 0.2) is 97.2 Å². The summed E-state index contributed by atoms with van der Waals surface area (Å²) in [6.07, 6.45) is 0.0481. The number of ether oxygens (including phenoxy) is 4. The predicted octanol–water partition coefficient (Wildman–Crippen LogP) is 1.52. The van der Waals surface area contributed by atoms with Crippen LogP contribution >= 0.6 is 0 Å². The van der Waals surface area contributed by atoms with Gasteiger partial charge in [-0.3, -0.25) is 57.5 Å². The number of ketones is 1. The van der Waals surface area contributed by atoms with E-state index >= 15 is 33.2 Å². The number of methoxy groups -OCH3 is 1. The highest BCUT2D eigenvalue weighted by atomic mass is 19.1. The molecule has 111 heavy (non-hydrogen) atoms. The smallest absolute Gasteiger partial charge is 0.246 e. The Morgan fingerprint density at radius 2 is 1.41 bits per heavy atom. The fourth-order valence-electron chi connectivity index (χ4n) is 14.9. The van der Waals surface area contributed by atoms with E-state index in [1.807, 2.05) is 28.8 Å². The van der Waals surface area contributed by atoms with Crippen LogP contribution in [0.5, 0.6) is 5.75 Å². The van der Waals surface area contributed by atoms with Crippen molar-refractivity contribution in [2.24, 2.45) is 5.73 Å². The lowest BCUT2D eigenvalue weighted by molar-refractivity contribution is -0.148. The number of aliphatic hydroxyl groups is 1. The molecule has 10 atom stereocenters. The van der Waals surface area contributed by atoms with Gasteiger partial charge in [0.2, 0.25) is 65.0 Å². The number of aryl methyl sites for hydroxylation is 1. The molecule has 6 aliphatic rings. The molecule has 598 valence electrons. The average Bonchev–Trinajstić information content (AvgIpc) is 1.66. The highest BCUT2D eigenvalue weighted by Gasteiger charge is 2.50. The van der Waals surface area contributed by atoms with Gasteiger partial charge in [0.25, 0.3) is 0 Å². The third-order valence-corrected chi connectivity index (χ3v) is 21.1. The van der Waals surface area contributed by atoms with E-state index in [9.17, 15) is 33.9 Å². The van der Waals surface area contributed by atoms with Gasteiger partial charge in [0.05, 0.1) is 39.1 Å². The minimum Gasteiger partial charge on any atom is -0.497 e. The molecule has 7 heterocycles. The molecular weight excluding hydrogens is 1430 g/mol. The lowest BCUT2D eigenvalue weighted by Gasteiger charge is -2.37. The minimum absolute atomic E-state index is 0.0378. The zero-order valence-corrected chi connectivity index (χ0v) is 63.5. The number of aliphatic hydroxyl groups excluding tert-OH is 1. The van der Waals surface area contributed by atoms with Gasteiger partial charge in [0.15, 0.2) is 5.78 Å². The second-order valence-corrected chi connectivity index (χ2v) is 29.4. The Morgan fingerprint density at radius 1 is 0.685 bits per heavy atom. The van der Waals surface area contributed by atoms with Crippen molar-refractivity contribution < 1.29 is 86.0 Å². The fraction of sp³-hybridized carbons (Fsp3) is 0.525. The van der Waals surface area contributed by atoms with Gasteiger partial charge in [-0.2, -0.15) is 0 Å². The summed E-state index contributed by atoms with van der Waals surface area (Å²) in [5, 5.41) is 34.3. The van der Waals surface area contributed by atoms with Gasteiger partial charge in [-0.15, -0.1) is 0 Å². The van der Waals surface area contributed by atoms with Crippen molar-refractivity contribution in [3.8, 4) is 5.75 Å². The van der Waals surface area contributed by atoms with E-state index in [-0.39, 0.29) is 123 Å². The highest BCUT2D eigenvalue weighted by Crippen LogP contribution is 2.32. The van der Waals surface area contributed by atoms with Crippen molar-refractivity contribution in [2.75, 3.05) is 72.9 Å². The Kier molecular flexibility index (Phi) is 29.7. The maximum Gasteiger partial charge on any atom is 0.246 e. The van der Waals surface area contributed by atoms with Crippen LogP contribution in [0.25, 0.3) is 10.9 Å². The first-order valence-corrected chi connectivity index (χ1v) is 38.4. The van der Waals surface area contributed by atoms with Crippen molar-refractivity contribution in [3.05, 3.63) is 136 Å². The topological polar surface area (TPSA) is 399 Å². The van der Waals surface area contributed by atoms with E-state index in [0.29, 0.717) is 90.5 Å². The molecule has 2 fully saturated rings. The zero-order chi connectivity index (χ0) is 79.3. The average molecular weight is 1540 g/mol. The molecule has 0 saturated carbocycles. The largest absolute Gasteiger partial charge is 0.497 e. The monoisotopic (exact) mass is 1540 g/mol. The van der Waals surface area contributed by atoms with E-state index < -0.39 is 144 Å². The van der Waals surface area contributed by atoms with Gasteiger partial charge in [-0.25, -0.2) is 4.39 Å². The molecule has 6 aliphatic heterocycles. The standard InChI is InChI=1S/C80H104FN13O17/c1-49-72(100)86-61(23-20-58(96)47-110-38-37-109-36-30-82)73(101)87-62-41-54-11-9-12-55(39-54)44-84-68(98)48-111-66-28-35-93-71(66)76(104)90-70(50(2)95)75(103)89-63(40-52-17-21-59(108-4)22-18-52)78(106)94-34-10-29-80(94,3)79(107)83-31-27-51-13-15-53(16-14-51)45-92(69(99)26-25-67(97)85-49)33-8-6-5-7-32-91-46-56(42-64(77(93)105)88-74(62)102)60-43-57(81)19-24-65(60)91/h9,11-19,21-22,24,39,43,46,49-50,61-64,66,70-71,95H,5-8,10,20,23,25-38,40-42,44-45,47-48,82H2,1-4H3,(H,83,107)(H,84,98)(H,85,97)(H,86,100)(H,87,101)(H,88,102)(H,89,103)(H,90,104)/t49-,50+,61+,62-,63-,64-,66-,70-,71-,80-/m0/s1. The first-order chi connectivity index (χ1) is 53.4. The Hall–Kier alpha value is -10.2. The maximum atomic E-state index is 16.2. The second-order valence-electron chi connectivity index (χ2n) is 29.4. The van der Waals surface area contributed by atoms with Gasteiger partial charge >= 0.3 is 0 Å². The Balaban J connectivity index is 1.08. The van der Waals surface area contributed by atoms with Crippen LogP contribution < -0.4 is 53.0 Å². The number of carbonyl (C=O) groups is 12. The molecule has 5 aromatic rings. The van der Waals surface area contributed by atoms with Gasteiger partial charge in [0, 0.05) is 108 Å². The molecule has 11 rings (SSSR count). The Morgan fingerprint density at radius 3 is 2.17 bits per heavy atom. The lowest BCUT2D eigenvalue weighted by atomic mass is 9.95. The van der Waals surface area contributed by atoms with Gasteiger partial charge < -0.3 is 91.6 Å². The van der Waals surface area contributed by atoms with Crippen LogP contribution in [0.4, 0.5) is 4.39 Å². The van der Waals surface area contributed by atoms with Crippen LogP contribution in [0.1, 0.15) is 125 Å². The number of hydrogen-bond donors (Lipinski definition) is 10. The first-order valence-electron chi connectivity index (χ1n) is 38.4. The van der Waals surface area contributed by atoms with Crippen molar-refractivity contribution in [2.45, 2.75) is 197 Å². The third kappa shape index (κ3) is 22.5. The molecule has 11 N–H and O–H groups in total. The van der Waals surface area contributed by atoms with Crippen LogP contribution in [0, 0.1) is 5.82 Å². The van der Waals surface area contributed by atoms with Crippen molar-refractivity contribution in [3.63, 3.8) is 0 Å². The summed E-state index contributed by atoms with van der Waals surface area (Å²) in [6.45, 7) is 4.73. The number of amides is 11. The van der Waals surface area contributed by atoms with E-state index in [0.717, 1.165) is 16.0 Å². The van der Waals surface area contributed by atoms with Gasteiger partial charge in [-0.05, 0) is 129 Å². The molecule has 30 nitrogen and oxygen atoms in total. The number of halogens is 1. The normalized spacial score (nSPS) is 24.9. The summed E-state index contributed by atoms with van der Waals surface area (Å²) >= 11 is 0. The summed E-state index contributed by atoms with van der Waals surface area (Å²) in [6, 6.07) is 13.9. The molecule has 1 aromatic heterocycles. The number of nitrogens with two attached hydrogens (primary N) is 1. The number of hydrogen-bond acceptors (Lipinski definition) is 18. The van der Waals surface area contributed by atoms with Crippen LogP contribution in [-0.4, -0.2) is 228 Å². The molecule has 0 spiro atoms. The third-order valence-electron chi connectivity index (χ3n) is 21.1. The fourth-order valence-corrected chi connectivity index (χ4v) is 14.9. The van der Waals surface area contributed by atoms with Crippen molar-refractivity contribution >= 4 is 81.7 Å². The Bertz CT molecular complexity index is 4160. The number of nitrogens with zero attached hydrogens (tertiary/aromatic N) is 4. The van der Waals surface area contributed by atoms with Crippen molar-refractivity contribution in [1.82, 2.24) is 61.8 Å². The van der Waals surface area contributed by atoms with E-state index in [1.165, 1.54) is 38.0 Å². The quantitative estimate of drug-likeness (QED) is 0.0705. The Labute approximate surface area is 644 Å². The number of benzene rings is 4. The zero-order valence-electron chi connectivity index (χ0n) is 63.5. The molecule has 0 unspecified atom stereocenters. The molecule has 4 aromatic carbocycles. The van der Waals surface area contributed by atoms with E-state index in [2.05, 4.69) is 42.5 Å². The summed E-state index contributed by atoms with van der Waals surface area (Å²) in [7, 11) is 1.49. The molecule has 0 radical (unpaired) electrons. The summed E-state index contributed by atoms with van der Waals surface area (Å²) in [5.41, 5.74) is 8.23. The minimum atomic E-state index is -1.86. The predicted molar refractivity (Wildman–Crippen MR) is 404 cm³/mol. The number of carbonyl (C=O) groups excluding carboxylic acids is 12. The van der Waals surface area contributed by atoms with Crippen molar-refractivity contribution in [1.29, 1.82) is 0 Å². The molecule has 12 bridgehead atoms. The maximum absolute atomic E-state index is 16.2. The summed E-state index contributed by atoms with van der Waals surface area (Å²) < 4.78 is 40.3. The highest BCUT2D eigenvalue weighted by molar-refractivity contribution is 6.00. The van der Waals surface area contributed by atoms with Gasteiger partial charge in [-0.1, -0.05) is 73.5 Å².